The molecule has 4 rings (SSSR count). The van der Waals surface area contributed by atoms with Gasteiger partial charge in [-0.3, -0.25) is 9.59 Å². The smallest absolute Gasteiger partial charge is 0.275 e. The van der Waals surface area contributed by atoms with Gasteiger partial charge in [0.2, 0.25) is 5.91 Å². The first-order chi connectivity index (χ1) is 15.4. The van der Waals surface area contributed by atoms with Crippen LogP contribution < -0.4 is 10.9 Å². The summed E-state index contributed by atoms with van der Waals surface area (Å²) in [4.78, 5) is 27.6. The van der Waals surface area contributed by atoms with E-state index in [-0.39, 0.29) is 18.0 Å². The van der Waals surface area contributed by atoms with Gasteiger partial charge in [-0.15, -0.1) is 0 Å². The molecular formula is C26H32N4O2. The fourth-order valence-corrected chi connectivity index (χ4v) is 4.79. The summed E-state index contributed by atoms with van der Waals surface area (Å²) in [5.74, 6) is 1.26. The average Bonchev–Trinajstić information content (AvgIpc) is 2.78. The molecule has 1 aliphatic rings. The van der Waals surface area contributed by atoms with Gasteiger partial charge in [-0.25, -0.2) is 4.68 Å². The second-order valence-corrected chi connectivity index (χ2v) is 9.17. The molecule has 1 amide bonds. The highest BCUT2D eigenvalue weighted by Gasteiger charge is 2.23. The largest absolute Gasteiger partial charge is 0.324 e. The van der Waals surface area contributed by atoms with E-state index in [2.05, 4.69) is 41.4 Å². The number of carbonyl (C=O) groups excluding carboxylic acids is 1. The number of hydrogen-bond acceptors (Lipinski definition) is 4. The zero-order valence-electron chi connectivity index (χ0n) is 19.2. The summed E-state index contributed by atoms with van der Waals surface area (Å²) in [6, 6.07) is 15.4. The summed E-state index contributed by atoms with van der Waals surface area (Å²) in [6.45, 7) is 6.47. The van der Waals surface area contributed by atoms with E-state index in [1.165, 1.54) is 36.2 Å². The van der Waals surface area contributed by atoms with E-state index >= 15 is 0 Å². The van der Waals surface area contributed by atoms with Crippen molar-refractivity contribution in [3.8, 4) is 0 Å². The molecule has 0 radical (unpaired) electrons. The Balaban J connectivity index is 1.35. The lowest BCUT2D eigenvalue weighted by Crippen LogP contribution is -2.36. The van der Waals surface area contributed by atoms with Crippen LogP contribution in [0.15, 0.2) is 53.3 Å². The van der Waals surface area contributed by atoms with Gasteiger partial charge in [0.15, 0.2) is 0 Å². The van der Waals surface area contributed by atoms with Crippen molar-refractivity contribution >= 4 is 22.4 Å². The average molecular weight is 433 g/mol. The van der Waals surface area contributed by atoms with Gasteiger partial charge in [0, 0.05) is 17.6 Å². The maximum atomic E-state index is 12.7. The topological polar surface area (TPSA) is 67.2 Å². The molecule has 3 aromatic rings. The van der Waals surface area contributed by atoms with E-state index < -0.39 is 0 Å². The van der Waals surface area contributed by atoms with E-state index in [1.54, 1.807) is 6.07 Å². The number of nitrogens with zero attached hydrogens (tertiary/aromatic N) is 3. The number of piperidine rings is 1. The van der Waals surface area contributed by atoms with E-state index in [0.717, 1.165) is 35.0 Å². The van der Waals surface area contributed by atoms with Crippen molar-refractivity contribution in [2.45, 2.75) is 39.7 Å². The molecule has 6 nitrogen and oxygen atoms in total. The van der Waals surface area contributed by atoms with E-state index in [0.29, 0.717) is 5.39 Å². The molecule has 1 aromatic heterocycles. The van der Waals surface area contributed by atoms with E-state index in [1.807, 2.05) is 37.3 Å². The number of likely N-dealkylation sites (tertiary alicyclic amines) is 1. The second-order valence-electron chi connectivity index (χ2n) is 9.17. The van der Waals surface area contributed by atoms with Crippen LogP contribution in [0, 0.1) is 18.8 Å². The number of amides is 1. The zero-order chi connectivity index (χ0) is 22.7. The van der Waals surface area contributed by atoms with Crippen molar-refractivity contribution in [3.05, 3.63) is 70.1 Å². The Morgan fingerprint density at radius 2 is 1.84 bits per heavy atom. The number of anilines is 1. The molecule has 2 heterocycles. The molecule has 0 unspecified atom stereocenters. The van der Waals surface area contributed by atoms with Crippen LogP contribution in [0.4, 0.5) is 5.69 Å². The summed E-state index contributed by atoms with van der Waals surface area (Å²) in [5, 5.41) is 8.60. The maximum absolute atomic E-state index is 12.7. The Labute approximate surface area is 189 Å². The third kappa shape index (κ3) is 5.07. The van der Waals surface area contributed by atoms with Crippen LogP contribution in [-0.2, 0) is 17.8 Å². The fraction of sp³-hybridized carbons (Fsp3) is 0.423. The normalized spacial score (nSPS) is 19.2. The van der Waals surface area contributed by atoms with Gasteiger partial charge in [0.25, 0.3) is 5.56 Å². The molecule has 2 atom stereocenters. The Hall–Kier alpha value is -2.99. The molecule has 1 N–H and O–H groups in total. The zero-order valence-corrected chi connectivity index (χ0v) is 19.2. The monoisotopic (exact) mass is 432 g/mol. The number of hydrogen-bond donors (Lipinski definition) is 1. The first-order valence-electron chi connectivity index (χ1n) is 11.4. The van der Waals surface area contributed by atoms with Crippen LogP contribution in [-0.4, -0.2) is 40.7 Å². The van der Waals surface area contributed by atoms with Gasteiger partial charge in [-0.2, -0.15) is 5.10 Å². The molecule has 0 spiro atoms. The minimum atomic E-state index is -0.262. The number of benzene rings is 2. The highest BCUT2D eigenvalue weighted by molar-refractivity contribution is 5.91. The van der Waals surface area contributed by atoms with Crippen molar-refractivity contribution in [3.63, 3.8) is 0 Å². The molecule has 1 saturated heterocycles. The molecule has 168 valence electrons. The first kappa shape index (κ1) is 22.2. The number of aryl methyl sites for hydroxylation is 2. The number of nitrogens with one attached hydrogen (secondary N) is 1. The van der Waals surface area contributed by atoms with Crippen LogP contribution in [0.5, 0.6) is 0 Å². The minimum absolute atomic E-state index is 0.111. The van der Waals surface area contributed by atoms with Crippen LogP contribution in [0.3, 0.4) is 0 Å². The molecular weight excluding hydrogens is 400 g/mol. The molecule has 0 saturated carbocycles. The summed E-state index contributed by atoms with van der Waals surface area (Å²) in [5.41, 5.74) is 2.50. The highest BCUT2D eigenvalue weighted by Crippen LogP contribution is 2.27. The second kappa shape index (κ2) is 9.65. The Kier molecular flexibility index (Phi) is 6.70. The lowest BCUT2D eigenvalue weighted by Gasteiger charge is -2.34. The standard InChI is InChI=1S/C26H32N4O2/c1-18-16-29(3)15-14-21(18)11-8-20-9-12-22(13-10-20)27-25(31)17-30-26(32)24-7-5-4-6-23(24)19(2)28-30/h4-7,9-10,12-13,18,21H,8,11,14-17H2,1-3H3,(H,27,31)/t18-,21-/m1/s1. The van der Waals surface area contributed by atoms with Crippen molar-refractivity contribution in [2.24, 2.45) is 11.8 Å². The van der Waals surface area contributed by atoms with Crippen molar-refractivity contribution in [1.82, 2.24) is 14.7 Å². The SMILES string of the molecule is Cc1nn(CC(=O)Nc2ccc(CC[C@@H]3CCN(C)C[C@H]3C)cc2)c(=O)c2ccccc12. The van der Waals surface area contributed by atoms with Crippen molar-refractivity contribution in [1.29, 1.82) is 0 Å². The number of rotatable bonds is 6. The van der Waals surface area contributed by atoms with Gasteiger partial charge in [0.05, 0.1) is 11.1 Å². The number of fused-ring (bicyclic) bond motifs is 1. The third-order valence-electron chi connectivity index (χ3n) is 6.67. The molecule has 2 aromatic carbocycles. The van der Waals surface area contributed by atoms with Gasteiger partial charge in [-0.05, 0) is 75.4 Å². The number of carbonyl (C=O) groups is 1. The van der Waals surface area contributed by atoms with Crippen LogP contribution in [0.25, 0.3) is 10.8 Å². The van der Waals surface area contributed by atoms with Gasteiger partial charge < -0.3 is 10.2 Å². The fourth-order valence-electron chi connectivity index (χ4n) is 4.79. The Morgan fingerprint density at radius 3 is 2.56 bits per heavy atom. The minimum Gasteiger partial charge on any atom is -0.324 e. The van der Waals surface area contributed by atoms with E-state index in [9.17, 15) is 9.59 Å². The van der Waals surface area contributed by atoms with Gasteiger partial charge in [-0.1, -0.05) is 37.3 Å². The maximum Gasteiger partial charge on any atom is 0.275 e. The molecule has 6 heteroatoms. The summed E-state index contributed by atoms with van der Waals surface area (Å²) in [7, 11) is 2.20. The lowest BCUT2D eigenvalue weighted by molar-refractivity contribution is -0.117. The lowest BCUT2D eigenvalue weighted by atomic mass is 9.83. The predicted octanol–water partition coefficient (Wildman–Crippen LogP) is 3.86. The highest BCUT2D eigenvalue weighted by atomic mass is 16.2. The molecule has 32 heavy (non-hydrogen) atoms. The number of aromatic nitrogens is 2. The predicted molar refractivity (Wildman–Crippen MR) is 129 cm³/mol. The summed E-state index contributed by atoms with van der Waals surface area (Å²) >= 11 is 0. The summed E-state index contributed by atoms with van der Waals surface area (Å²) < 4.78 is 1.24. The summed E-state index contributed by atoms with van der Waals surface area (Å²) in [6.07, 6.45) is 3.53. The molecule has 1 fully saturated rings. The van der Waals surface area contributed by atoms with Crippen molar-refractivity contribution < 1.29 is 4.79 Å². The van der Waals surface area contributed by atoms with Crippen LogP contribution >= 0.6 is 0 Å². The first-order valence-corrected chi connectivity index (χ1v) is 11.4. The van der Waals surface area contributed by atoms with Gasteiger partial charge in [0.1, 0.15) is 6.54 Å². The van der Waals surface area contributed by atoms with Crippen molar-refractivity contribution in [2.75, 3.05) is 25.5 Å². The van der Waals surface area contributed by atoms with Gasteiger partial charge >= 0.3 is 0 Å². The Bertz CT molecular complexity index is 1150. The molecule has 0 aliphatic carbocycles. The quantitative estimate of drug-likeness (QED) is 0.642. The van der Waals surface area contributed by atoms with Crippen LogP contribution in [0.1, 0.15) is 31.0 Å². The third-order valence-corrected chi connectivity index (χ3v) is 6.67. The molecule has 1 aliphatic heterocycles. The Morgan fingerprint density at radius 1 is 1.12 bits per heavy atom. The van der Waals surface area contributed by atoms with Crippen LogP contribution in [0.2, 0.25) is 0 Å². The molecule has 0 bridgehead atoms. The van der Waals surface area contributed by atoms with E-state index in [4.69, 9.17) is 0 Å².